The third-order valence-electron chi connectivity index (χ3n) is 5.95. The van der Waals surface area contributed by atoms with Crippen molar-refractivity contribution >= 4 is 50.7 Å². The molecule has 2 heterocycles. The number of aliphatic imine (C=N–C) groups is 1. The summed E-state index contributed by atoms with van der Waals surface area (Å²) < 4.78 is 29.4. The van der Waals surface area contributed by atoms with Crippen LogP contribution in [0, 0.1) is 0 Å². The summed E-state index contributed by atoms with van der Waals surface area (Å²) in [6, 6.07) is 6.40. The molecule has 0 radical (unpaired) electrons. The molecule has 1 aliphatic rings. The van der Waals surface area contributed by atoms with Gasteiger partial charge in [-0.25, -0.2) is 8.42 Å². The molecule has 0 saturated carbocycles. The summed E-state index contributed by atoms with van der Waals surface area (Å²) in [6.45, 7) is 4.15. The SMILES string of the molecule is CCc1cccc2c(CCNC(=NC)NCC3(S(C)(=O)=O)CCOCC3)c[nH]c12.I. The Morgan fingerprint density at radius 2 is 1.97 bits per heavy atom. The molecule has 0 bridgehead atoms. The van der Waals surface area contributed by atoms with Crippen LogP contribution in [0.25, 0.3) is 10.9 Å². The number of nitrogens with zero attached hydrogens (tertiary/aromatic N) is 1. The van der Waals surface area contributed by atoms with Crippen molar-refractivity contribution in [3.63, 3.8) is 0 Å². The third-order valence-corrected chi connectivity index (χ3v) is 8.07. The number of para-hydroxylation sites is 1. The molecule has 0 unspecified atom stereocenters. The van der Waals surface area contributed by atoms with E-state index in [1.165, 1.54) is 28.3 Å². The highest BCUT2D eigenvalue weighted by atomic mass is 127. The number of rotatable bonds is 7. The Hall–Kier alpha value is -1.33. The second-order valence-electron chi connectivity index (χ2n) is 7.68. The lowest BCUT2D eigenvalue weighted by molar-refractivity contribution is 0.0756. The van der Waals surface area contributed by atoms with Gasteiger partial charge < -0.3 is 20.4 Å². The van der Waals surface area contributed by atoms with Crippen LogP contribution in [0.4, 0.5) is 0 Å². The number of H-pyrrole nitrogens is 1. The molecule has 30 heavy (non-hydrogen) atoms. The number of aryl methyl sites for hydroxylation is 1. The molecule has 3 N–H and O–H groups in total. The van der Waals surface area contributed by atoms with Gasteiger partial charge in [0, 0.05) is 56.7 Å². The fourth-order valence-electron chi connectivity index (χ4n) is 3.98. The molecule has 3 rings (SSSR count). The van der Waals surface area contributed by atoms with Crippen molar-refractivity contribution in [3.05, 3.63) is 35.5 Å². The number of halogens is 1. The molecular formula is C21H33IN4O3S. The van der Waals surface area contributed by atoms with Gasteiger partial charge in [-0.3, -0.25) is 4.99 Å². The first kappa shape index (κ1) is 24.9. The predicted octanol–water partition coefficient (Wildman–Crippen LogP) is 2.65. The summed E-state index contributed by atoms with van der Waals surface area (Å²) in [4.78, 5) is 7.65. The summed E-state index contributed by atoms with van der Waals surface area (Å²) in [6.07, 6.45) is 6.24. The number of aromatic nitrogens is 1. The number of hydrogen-bond donors (Lipinski definition) is 3. The summed E-state index contributed by atoms with van der Waals surface area (Å²) in [7, 11) is -1.51. The van der Waals surface area contributed by atoms with Gasteiger partial charge in [-0.2, -0.15) is 0 Å². The zero-order valence-electron chi connectivity index (χ0n) is 18.0. The topological polar surface area (TPSA) is 95.6 Å². The number of ether oxygens (including phenoxy) is 1. The molecule has 0 amide bonds. The van der Waals surface area contributed by atoms with E-state index in [4.69, 9.17) is 4.74 Å². The van der Waals surface area contributed by atoms with Crippen LogP contribution < -0.4 is 10.6 Å². The lowest BCUT2D eigenvalue weighted by Crippen LogP contribution is -2.53. The Morgan fingerprint density at radius 1 is 1.23 bits per heavy atom. The number of sulfone groups is 1. The molecule has 1 saturated heterocycles. The van der Waals surface area contributed by atoms with Gasteiger partial charge in [-0.05, 0) is 36.8 Å². The van der Waals surface area contributed by atoms with E-state index < -0.39 is 14.6 Å². The second-order valence-corrected chi connectivity index (χ2v) is 10.1. The fraction of sp³-hybridized carbons (Fsp3) is 0.571. The van der Waals surface area contributed by atoms with E-state index in [-0.39, 0.29) is 24.0 Å². The van der Waals surface area contributed by atoms with Gasteiger partial charge in [0.15, 0.2) is 15.8 Å². The zero-order chi connectivity index (χ0) is 20.9. The number of benzene rings is 1. The van der Waals surface area contributed by atoms with E-state index in [9.17, 15) is 8.42 Å². The first-order valence-electron chi connectivity index (χ1n) is 10.2. The van der Waals surface area contributed by atoms with Crippen LogP contribution in [0.5, 0.6) is 0 Å². The van der Waals surface area contributed by atoms with Crippen LogP contribution in [0.2, 0.25) is 0 Å². The van der Waals surface area contributed by atoms with Gasteiger partial charge in [-0.1, -0.05) is 25.1 Å². The van der Waals surface area contributed by atoms with E-state index in [1.807, 2.05) is 0 Å². The van der Waals surface area contributed by atoms with Gasteiger partial charge >= 0.3 is 0 Å². The van der Waals surface area contributed by atoms with Crippen molar-refractivity contribution in [1.82, 2.24) is 15.6 Å². The summed E-state index contributed by atoms with van der Waals surface area (Å²) in [5, 5.41) is 7.78. The highest BCUT2D eigenvalue weighted by molar-refractivity contribution is 14.0. The van der Waals surface area contributed by atoms with Gasteiger partial charge in [-0.15, -0.1) is 24.0 Å². The van der Waals surface area contributed by atoms with Crippen LogP contribution in [0.1, 0.15) is 30.9 Å². The van der Waals surface area contributed by atoms with E-state index in [0.717, 1.165) is 12.8 Å². The minimum Gasteiger partial charge on any atom is -0.381 e. The van der Waals surface area contributed by atoms with Gasteiger partial charge in [0.2, 0.25) is 0 Å². The van der Waals surface area contributed by atoms with Crippen LogP contribution >= 0.6 is 24.0 Å². The summed E-state index contributed by atoms with van der Waals surface area (Å²) in [5.41, 5.74) is 3.79. The number of hydrogen-bond acceptors (Lipinski definition) is 4. The second kappa shape index (κ2) is 10.8. The highest BCUT2D eigenvalue weighted by Gasteiger charge is 2.42. The van der Waals surface area contributed by atoms with Crippen LogP contribution in [-0.4, -0.2) is 63.7 Å². The molecule has 0 spiro atoms. The Balaban J connectivity index is 0.00000320. The summed E-state index contributed by atoms with van der Waals surface area (Å²) >= 11 is 0. The van der Waals surface area contributed by atoms with E-state index in [2.05, 4.69) is 51.9 Å². The monoisotopic (exact) mass is 548 g/mol. The largest absolute Gasteiger partial charge is 0.381 e. The van der Waals surface area contributed by atoms with Crippen molar-refractivity contribution in [2.45, 2.75) is 37.4 Å². The Labute approximate surface area is 196 Å². The minimum absolute atomic E-state index is 0. The molecular weight excluding hydrogens is 515 g/mol. The molecule has 9 heteroatoms. The lowest BCUT2D eigenvalue weighted by atomic mass is 9.99. The van der Waals surface area contributed by atoms with Crippen molar-refractivity contribution in [2.75, 3.05) is 39.6 Å². The molecule has 168 valence electrons. The van der Waals surface area contributed by atoms with E-state index in [0.29, 0.717) is 45.1 Å². The molecule has 7 nitrogen and oxygen atoms in total. The van der Waals surface area contributed by atoms with Crippen LogP contribution in [0.15, 0.2) is 29.4 Å². The molecule has 1 aromatic heterocycles. The Morgan fingerprint density at radius 3 is 2.60 bits per heavy atom. The Kier molecular flexibility index (Phi) is 8.98. The highest BCUT2D eigenvalue weighted by Crippen LogP contribution is 2.28. The number of nitrogens with one attached hydrogen (secondary N) is 3. The summed E-state index contributed by atoms with van der Waals surface area (Å²) in [5.74, 6) is 0.619. The van der Waals surface area contributed by atoms with Crippen molar-refractivity contribution in [2.24, 2.45) is 4.99 Å². The minimum atomic E-state index is -3.21. The van der Waals surface area contributed by atoms with E-state index >= 15 is 0 Å². The van der Waals surface area contributed by atoms with E-state index in [1.54, 1.807) is 7.05 Å². The molecule has 1 aromatic carbocycles. The first-order valence-corrected chi connectivity index (χ1v) is 12.1. The van der Waals surface area contributed by atoms with Crippen molar-refractivity contribution in [1.29, 1.82) is 0 Å². The number of guanidine groups is 1. The lowest BCUT2D eigenvalue weighted by Gasteiger charge is -2.35. The van der Waals surface area contributed by atoms with Gasteiger partial charge in [0.05, 0.1) is 4.75 Å². The smallest absolute Gasteiger partial charge is 0.191 e. The maximum Gasteiger partial charge on any atom is 0.191 e. The van der Waals surface area contributed by atoms with Crippen molar-refractivity contribution in [3.8, 4) is 0 Å². The molecule has 0 atom stereocenters. The average molecular weight is 548 g/mol. The molecule has 1 aliphatic heterocycles. The van der Waals surface area contributed by atoms with Gasteiger partial charge in [0.1, 0.15) is 0 Å². The molecule has 2 aromatic rings. The first-order chi connectivity index (χ1) is 13.9. The maximum atomic E-state index is 12.4. The predicted molar refractivity (Wildman–Crippen MR) is 134 cm³/mol. The molecule has 0 aliphatic carbocycles. The molecule has 1 fully saturated rings. The Bertz CT molecular complexity index is 966. The van der Waals surface area contributed by atoms with Crippen molar-refractivity contribution < 1.29 is 13.2 Å². The van der Waals surface area contributed by atoms with Crippen LogP contribution in [-0.2, 0) is 27.4 Å². The quantitative estimate of drug-likeness (QED) is 0.281. The fourth-order valence-corrected chi connectivity index (χ4v) is 5.22. The van der Waals surface area contributed by atoms with Gasteiger partial charge in [0.25, 0.3) is 0 Å². The maximum absolute atomic E-state index is 12.4. The van der Waals surface area contributed by atoms with Crippen LogP contribution in [0.3, 0.4) is 0 Å². The average Bonchev–Trinajstić information content (AvgIpc) is 3.13. The number of fused-ring (bicyclic) bond motifs is 1. The third kappa shape index (κ3) is 5.47. The standard InChI is InChI=1S/C21H32N4O3S.HI/c1-4-16-6-5-7-18-17(14-24-19(16)18)8-11-23-20(22-2)25-15-21(29(3,26)27)9-12-28-13-10-21;/h5-7,14,24H,4,8-13,15H2,1-3H3,(H2,22,23,25);1H. The normalized spacial score (nSPS) is 16.8. The number of aromatic amines is 1. The zero-order valence-corrected chi connectivity index (χ0v) is 21.1.